The van der Waals surface area contributed by atoms with Gasteiger partial charge in [-0.1, -0.05) is 30.7 Å². The molecule has 164 valence electrons. The summed E-state index contributed by atoms with van der Waals surface area (Å²) in [6.07, 6.45) is 3.60. The van der Waals surface area contributed by atoms with E-state index in [2.05, 4.69) is 22.3 Å². The number of para-hydroxylation sites is 2. The number of likely N-dealkylation sites (tertiary alicyclic amines) is 1. The Bertz CT molecular complexity index is 1090. The number of fused-ring (bicyclic) bond motifs is 1. The third-order valence-electron chi connectivity index (χ3n) is 6.18. The first kappa shape index (κ1) is 21.2. The van der Waals surface area contributed by atoms with Gasteiger partial charge in [0.05, 0.1) is 24.2 Å². The molecule has 1 aromatic heterocycles. The highest BCUT2D eigenvalue weighted by molar-refractivity contribution is 5.80. The number of rotatable bonds is 7. The van der Waals surface area contributed by atoms with E-state index >= 15 is 0 Å². The van der Waals surface area contributed by atoms with E-state index in [9.17, 15) is 9.59 Å². The average Bonchev–Trinajstić information content (AvgIpc) is 3.05. The highest BCUT2D eigenvalue weighted by Gasteiger charge is 2.23. The van der Waals surface area contributed by atoms with Crippen molar-refractivity contribution in [2.24, 2.45) is 7.05 Å². The summed E-state index contributed by atoms with van der Waals surface area (Å²) < 4.78 is 8.41. The van der Waals surface area contributed by atoms with Crippen LogP contribution in [0.1, 0.15) is 30.9 Å². The number of carbonyl (C=O) groups is 1. The van der Waals surface area contributed by atoms with Crippen molar-refractivity contribution in [3.8, 4) is 5.75 Å². The summed E-state index contributed by atoms with van der Waals surface area (Å²) in [5.74, 6) is 0.662. The maximum absolute atomic E-state index is 12.8. The molecule has 3 aromatic rings. The minimum atomic E-state index is -0.181. The highest BCUT2D eigenvalue weighted by atomic mass is 16.5. The smallest absolute Gasteiger partial charge is 0.329 e. The second-order valence-electron chi connectivity index (χ2n) is 8.11. The molecular weight excluding hydrogens is 392 g/mol. The van der Waals surface area contributed by atoms with Gasteiger partial charge in [0.1, 0.15) is 12.3 Å². The van der Waals surface area contributed by atoms with Gasteiger partial charge in [-0.25, -0.2) is 4.79 Å². The zero-order valence-electron chi connectivity index (χ0n) is 18.2. The maximum Gasteiger partial charge on any atom is 0.329 e. The van der Waals surface area contributed by atoms with Crippen LogP contribution in [0.3, 0.4) is 0 Å². The van der Waals surface area contributed by atoms with Crippen LogP contribution < -0.4 is 15.7 Å². The molecule has 1 amide bonds. The molecule has 31 heavy (non-hydrogen) atoms. The Labute approximate surface area is 182 Å². The van der Waals surface area contributed by atoms with Crippen molar-refractivity contribution in [2.45, 2.75) is 31.8 Å². The number of aromatic nitrogens is 2. The number of piperidine rings is 1. The van der Waals surface area contributed by atoms with E-state index in [1.54, 1.807) is 18.7 Å². The summed E-state index contributed by atoms with van der Waals surface area (Å²) in [6.45, 7) is 2.56. The number of nitrogens with one attached hydrogen (secondary N) is 1. The molecule has 1 aliphatic rings. The first-order valence-electron chi connectivity index (χ1n) is 10.9. The van der Waals surface area contributed by atoms with Gasteiger partial charge in [0, 0.05) is 13.6 Å². The summed E-state index contributed by atoms with van der Waals surface area (Å²) >= 11 is 0. The van der Waals surface area contributed by atoms with Gasteiger partial charge in [-0.05, 0) is 55.8 Å². The van der Waals surface area contributed by atoms with Crippen LogP contribution in [0.5, 0.6) is 5.75 Å². The largest absolute Gasteiger partial charge is 0.497 e. The fourth-order valence-corrected chi connectivity index (χ4v) is 4.44. The number of ether oxygens (including phenoxy) is 1. The summed E-state index contributed by atoms with van der Waals surface area (Å²) in [6, 6.07) is 15.7. The standard InChI is InChI=1S/C24H30N4O3/c1-26-20-8-4-5-9-21(20)28(24(26)30)17-23(29)25-16-22(27-14-6-3-7-15-27)18-10-12-19(31-2)13-11-18/h4-5,8-13,22H,3,6-7,14-17H2,1-2H3,(H,25,29)/t22-/m0/s1. The van der Waals surface area contributed by atoms with Gasteiger partial charge >= 0.3 is 5.69 Å². The van der Waals surface area contributed by atoms with Gasteiger partial charge < -0.3 is 10.1 Å². The van der Waals surface area contributed by atoms with E-state index < -0.39 is 0 Å². The predicted molar refractivity (Wildman–Crippen MR) is 121 cm³/mol. The SMILES string of the molecule is COc1ccc([C@H](CNC(=O)Cn2c(=O)n(C)c3ccccc32)N2CCCCC2)cc1. The predicted octanol–water partition coefficient (Wildman–Crippen LogP) is 2.69. The molecule has 1 saturated heterocycles. The van der Waals surface area contributed by atoms with Crippen molar-refractivity contribution in [2.75, 3.05) is 26.7 Å². The zero-order chi connectivity index (χ0) is 21.8. The molecule has 2 aromatic carbocycles. The summed E-state index contributed by atoms with van der Waals surface area (Å²) in [5.41, 5.74) is 2.57. The monoisotopic (exact) mass is 422 g/mol. The third-order valence-corrected chi connectivity index (χ3v) is 6.18. The molecule has 4 rings (SSSR count). The number of hydrogen-bond donors (Lipinski definition) is 1. The molecule has 0 aliphatic carbocycles. The summed E-state index contributed by atoms with van der Waals surface area (Å²) in [4.78, 5) is 27.9. The Morgan fingerprint density at radius 2 is 1.71 bits per heavy atom. The number of amides is 1. The summed E-state index contributed by atoms with van der Waals surface area (Å²) in [7, 11) is 3.39. The Morgan fingerprint density at radius 3 is 2.39 bits per heavy atom. The average molecular weight is 423 g/mol. The van der Waals surface area contributed by atoms with E-state index in [4.69, 9.17) is 4.74 Å². The number of aryl methyl sites for hydroxylation is 1. The van der Waals surface area contributed by atoms with Gasteiger partial charge in [0.15, 0.2) is 0 Å². The normalized spacial score (nSPS) is 15.7. The molecule has 1 fully saturated rings. The Morgan fingerprint density at radius 1 is 1.03 bits per heavy atom. The van der Waals surface area contributed by atoms with Gasteiger partial charge in [-0.3, -0.25) is 18.8 Å². The number of methoxy groups -OCH3 is 1. The lowest BCUT2D eigenvalue weighted by Gasteiger charge is -2.35. The van der Waals surface area contributed by atoms with E-state index in [0.717, 1.165) is 35.4 Å². The minimum absolute atomic E-state index is 0.00944. The number of carbonyl (C=O) groups excluding carboxylic acids is 1. The molecule has 0 spiro atoms. The van der Waals surface area contributed by atoms with Crippen molar-refractivity contribution >= 4 is 16.9 Å². The lowest BCUT2D eigenvalue weighted by atomic mass is 10.0. The fraction of sp³-hybridized carbons (Fsp3) is 0.417. The Balaban J connectivity index is 1.49. The lowest BCUT2D eigenvalue weighted by molar-refractivity contribution is -0.121. The molecule has 0 unspecified atom stereocenters. The molecule has 7 nitrogen and oxygen atoms in total. The van der Waals surface area contributed by atoms with E-state index in [1.807, 2.05) is 36.4 Å². The Kier molecular flexibility index (Phi) is 6.42. The quantitative estimate of drug-likeness (QED) is 0.636. The van der Waals surface area contributed by atoms with E-state index in [1.165, 1.54) is 23.8 Å². The van der Waals surface area contributed by atoms with Gasteiger partial charge in [-0.15, -0.1) is 0 Å². The molecule has 0 saturated carbocycles. The van der Waals surface area contributed by atoms with Crippen LogP contribution in [-0.2, 0) is 18.4 Å². The number of imidazole rings is 1. The molecule has 2 heterocycles. The molecule has 1 N–H and O–H groups in total. The van der Waals surface area contributed by atoms with Crippen molar-refractivity contribution < 1.29 is 9.53 Å². The topological polar surface area (TPSA) is 68.5 Å². The molecule has 0 radical (unpaired) electrons. The highest BCUT2D eigenvalue weighted by Crippen LogP contribution is 2.26. The molecule has 0 bridgehead atoms. The van der Waals surface area contributed by atoms with Crippen molar-refractivity contribution in [1.82, 2.24) is 19.4 Å². The van der Waals surface area contributed by atoms with Gasteiger partial charge in [-0.2, -0.15) is 0 Å². The van der Waals surface area contributed by atoms with E-state index in [-0.39, 0.29) is 24.2 Å². The van der Waals surface area contributed by atoms with Crippen molar-refractivity contribution in [1.29, 1.82) is 0 Å². The molecule has 1 atom stereocenters. The maximum atomic E-state index is 12.8. The zero-order valence-corrected chi connectivity index (χ0v) is 18.2. The molecular formula is C24H30N4O3. The van der Waals surface area contributed by atoms with Crippen LogP contribution in [0.2, 0.25) is 0 Å². The first-order valence-corrected chi connectivity index (χ1v) is 10.9. The minimum Gasteiger partial charge on any atom is -0.497 e. The van der Waals surface area contributed by atoms with Gasteiger partial charge in [0.25, 0.3) is 0 Å². The fourth-order valence-electron chi connectivity index (χ4n) is 4.44. The van der Waals surface area contributed by atoms with Crippen LogP contribution in [0.4, 0.5) is 0 Å². The first-order chi connectivity index (χ1) is 15.1. The summed E-state index contributed by atoms with van der Waals surface area (Å²) in [5, 5.41) is 3.08. The molecule has 1 aliphatic heterocycles. The second kappa shape index (κ2) is 9.39. The van der Waals surface area contributed by atoms with Crippen LogP contribution in [0, 0.1) is 0 Å². The number of nitrogens with zero attached hydrogens (tertiary/aromatic N) is 3. The van der Waals surface area contributed by atoms with Crippen molar-refractivity contribution in [3.05, 3.63) is 64.6 Å². The third kappa shape index (κ3) is 4.51. The number of benzene rings is 2. The molecule has 7 heteroatoms. The van der Waals surface area contributed by atoms with Crippen LogP contribution in [0.15, 0.2) is 53.3 Å². The number of hydrogen-bond acceptors (Lipinski definition) is 4. The van der Waals surface area contributed by atoms with Gasteiger partial charge in [0.2, 0.25) is 5.91 Å². The second-order valence-corrected chi connectivity index (χ2v) is 8.11. The van der Waals surface area contributed by atoms with Crippen molar-refractivity contribution in [3.63, 3.8) is 0 Å². The van der Waals surface area contributed by atoms with Crippen LogP contribution in [-0.4, -0.2) is 46.7 Å². The van der Waals surface area contributed by atoms with E-state index in [0.29, 0.717) is 6.54 Å². The van der Waals surface area contributed by atoms with Crippen LogP contribution in [0.25, 0.3) is 11.0 Å². The van der Waals surface area contributed by atoms with Crippen LogP contribution >= 0.6 is 0 Å². The Hall–Kier alpha value is -3.06. The lowest BCUT2D eigenvalue weighted by Crippen LogP contribution is -2.42.